The number of halogens is 1. The van der Waals surface area contributed by atoms with Crippen molar-refractivity contribution < 1.29 is 18.4 Å². The molecule has 0 saturated heterocycles. The van der Waals surface area contributed by atoms with E-state index in [1.807, 2.05) is 13.0 Å². The van der Waals surface area contributed by atoms with Gasteiger partial charge >= 0.3 is 6.01 Å². The van der Waals surface area contributed by atoms with Gasteiger partial charge in [0.15, 0.2) is 5.82 Å². The van der Waals surface area contributed by atoms with E-state index in [0.717, 1.165) is 55.5 Å². The Labute approximate surface area is 214 Å². The first-order chi connectivity index (χ1) is 18.0. The molecule has 0 spiro atoms. The van der Waals surface area contributed by atoms with E-state index in [-0.39, 0.29) is 5.91 Å². The van der Waals surface area contributed by atoms with Gasteiger partial charge in [0.25, 0.3) is 0 Å². The highest BCUT2D eigenvalue weighted by Gasteiger charge is 2.73. The zero-order valence-corrected chi connectivity index (χ0v) is 21.0. The third-order valence-electron chi connectivity index (χ3n) is 7.63. The molecule has 9 nitrogen and oxygen atoms in total. The Bertz CT molecular complexity index is 1260. The molecule has 37 heavy (non-hydrogen) atoms. The molecule has 4 fully saturated rings. The fraction of sp³-hybridized carbons (Fsp3) is 0.556. The van der Waals surface area contributed by atoms with Crippen LogP contribution < -0.4 is 9.64 Å². The lowest BCUT2D eigenvalue weighted by molar-refractivity contribution is -0.211. The summed E-state index contributed by atoms with van der Waals surface area (Å²) in [5.74, 6) is 2.00. The normalized spacial score (nSPS) is 23.7. The lowest BCUT2D eigenvalue weighted by atomic mass is 9.42. The van der Waals surface area contributed by atoms with Crippen LogP contribution in [-0.2, 0) is 11.2 Å². The Morgan fingerprint density at radius 3 is 2.59 bits per heavy atom. The number of anilines is 1. The quantitative estimate of drug-likeness (QED) is 0.321. The van der Waals surface area contributed by atoms with Crippen molar-refractivity contribution in [3.05, 3.63) is 42.6 Å². The number of aryl methyl sites for hydroxylation is 1. The molecule has 4 saturated carbocycles. The van der Waals surface area contributed by atoms with Crippen LogP contribution >= 0.6 is 0 Å². The van der Waals surface area contributed by atoms with Crippen LogP contribution in [0.5, 0.6) is 6.01 Å². The molecule has 1 amide bonds. The van der Waals surface area contributed by atoms with E-state index in [1.165, 1.54) is 0 Å². The Hall–Kier alpha value is -3.43. The molecule has 0 aliphatic heterocycles. The molecule has 2 bridgehead atoms. The number of carbonyl (C=O) groups excluding carboxylic acids is 1. The fourth-order valence-electron chi connectivity index (χ4n) is 5.53. The largest absolute Gasteiger partial charge is 0.464 e. The Morgan fingerprint density at radius 2 is 1.89 bits per heavy atom. The Morgan fingerprint density at radius 1 is 1.11 bits per heavy atom. The Kier molecular flexibility index (Phi) is 6.12. The van der Waals surface area contributed by atoms with Gasteiger partial charge in [-0.2, -0.15) is 4.98 Å². The number of ether oxygens (including phenoxy) is 1. The molecule has 3 aromatic rings. The topological polar surface area (TPSA) is 107 Å². The van der Waals surface area contributed by atoms with Crippen LogP contribution in [0.3, 0.4) is 0 Å². The van der Waals surface area contributed by atoms with E-state index in [4.69, 9.17) is 9.26 Å². The van der Waals surface area contributed by atoms with Gasteiger partial charge in [-0.15, -0.1) is 0 Å². The third kappa shape index (κ3) is 4.81. The molecule has 0 radical (unpaired) electrons. The van der Waals surface area contributed by atoms with E-state index in [2.05, 4.69) is 25.1 Å². The van der Waals surface area contributed by atoms with E-state index in [9.17, 15) is 9.18 Å². The van der Waals surface area contributed by atoms with Gasteiger partial charge in [-0.05, 0) is 57.9 Å². The van der Waals surface area contributed by atoms with Crippen molar-refractivity contribution in [3.63, 3.8) is 0 Å². The summed E-state index contributed by atoms with van der Waals surface area (Å²) in [5, 5.41) is 4.08. The SMILES string of the molecule is CCOc1ncc(-c2cncc(N(CCCCCc3nc(C4CC4)no3)C(=O)C34CC(F)(C3)C4)c2)cn1. The minimum atomic E-state index is -1.13. The third-order valence-corrected chi connectivity index (χ3v) is 7.63. The van der Waals surface area contributed by atoms with Crippen molar-refractivity contribution in [2.24, 2.45) is 5.41 Å². The summed E-state index contributed by atoms with van der Waals surface area (Å²) in [5.41, 5.74) is 0.602. The molecule has 3 aromatic heterocycles. The lowest BCUT2D eigenvalue weighted by Gasteiger charge is -2.65. The minimum Gasteiger partial charge on any atom is -0.464 e. The van der Waals surface area contributed by atoms with Crippen molar-refractivity contribution >= 4 is 11.6 Å². The molecule has 0 atom stereocenters. The molecule has 10 heteroatoms. The van der Waals surface area contributed by atoms with E-state index >= 15 is 0 Å². The number of hydrogen-bond donors (Lipinski definition) is 0. The summed E-state index contributed by atoms with van der Waals surface area (Å²) in [4.78, 5) is 32.8. The molecule has 0 N–H and O–H groups in total. The molecule has 194 valence electrons. The van der Waals surface area contributed by atoms with Crippen LogP contribution in [0.4, 0.5) is 10.1 Å². The van der Waals surface area contributed by atoms with Gasteiger partial charge in [0.1, 0.15) is 5.67 Å². The minimum absolute atomic E-state index is 0.0000971. The van der Waals surface area contributed by atoms with Crippen LogP contribution in [0.1, 0.15) is 75.9 Å². The van der Waals surface area contributed by atoms with Crippen molar-refractivity contribution in [3.8, 4) is 17.1 Å². The number of unbranched alkanes of at least 4 members (excludes halogenated alkanes) is 2. The molecule has 7 rings (SSSR count). The van der Waals surface area contributed by atoms with Crippen LogP contribution in [0.25, 0.3) is 11.1 Å². The van der Waals surface area contributed by atoms with Crippen molar-refractivity contribution in [2.45, 2.75) is 76.3 Å². The van der Waals surface area contributed by atoms with Crippen molar-refractivity contribution in [2.75, 3.05) is 18.1 Å². The first-order valence-corrected chi connectivity index (χ1v) is 13.2. The van der Waals surface area contributed by atoms with Crippen LogP contribution in [0.15, 0.2) is 35.4 Å². The number of amides is 1. The number of alkyl halides is 1. The van der Waals surface area contributed by atoms with Gasteiger partial charge in [-0.25, -0.2) is 14.4 Å². The van der Waals surface area contributed by atoms with E-state index in [0.29, 0.717) is 55.9 Å². The number of pyridine rings is 1. The summed E-state index contributed by atoms with van der Waals surface area (Å²) in [6, 6.07) is 2.25. The number of carbonyl (C=O) groups is 1. The van der Waals surface area contributed by atoms with Crippen LogP contribution in [0, 0.1) is 5.41 Å². The molecule has 3 heterocycles. The Balaban J connectivity index is 1.12. The maximum Gasteiger partial charge on any atom is 0.316 e. The summed E-state index contributed by atoms with van der Waals surface area (Å²) in [6.45, 7) is 2.91. The predicted molar refractivity (Wildman–Crippen MR) is 133 cm³/mol. The highest BCUT2D eigenvalue weighted by Crippen LogP contribution is 2.70. The maximum absolute atomic E-state index is 14.3. The maximum atomic E-state index is 14.3. The van der Waals surface area contributed by atoms with Gasteiger partial charge in [0.05, 0.1) is 23.9 Å². The zero-order valence-electron chi connectivity index (χ0n) is 21.0. The summed E-state index contributed by atoms with van der Waals surface area (Å²) >= 11 is 0. The second-order valence-electron chi connectivity index (χ2n) is 10.7. The van der Waals surface area contributed by atoms with Gasteiger partial charge < -0.3 is 14.2 Å². The fourth-order valence-corrected chi connectivity index (χ4v) is 5.53. The van der Waals surface area contributed by atoms with Crippen LogP contribution in [-0.4, -0.2) is 49.8 Å². The molecular formula is C27H31FN6O3. The molecule has 4 aliphatic carbocycles. The summed E-state index contributed by atoms with van der Waals surface area (Å²) < 4.78 is 25.0. The van der Waals surface area contributed by atoms with Gasteiger partial charge in [-0.3, -0.25) is 9.78 Å². The first-order valence-electron chi connectivity index (χ1n) is 13.2. The predicted octanol–water partition coefficient (Wildman–Crippen LogP) is 4.84. The monoisotopic (exact) mass is 506 g/mol. The van der Waals surface area contributed by atoms with E-state index in [1.54, 1.807) is 29.7 Å². The first kappa shape index (κ1) is 23.9. The molecule has 4 aliphatic rings. The standard InChI is InChI=1S/C27H31FN6O3/c1-2-36-25-30-12-20(13-31-25)19-10-21(14-29-11-19)34(24(35)26-15-27(28,16-26)17-26)9-5-3-4-6-22-32-23(33-37-22)18-7-8-18/h10-14,18H,2-9,15-17H2,1H3. The number of nitrogens with zero attached hydrogens (tertiary/aromatic N) is 6. The highest BCUT2D eigenvalue weighted by atomic mass is 19.1. The van der Waals surface area contributed by atoms with Crippen molar-refractivity contribution in [1.82, 2.24) is 25.1 Å². The smallest absolute Gasteiger partial charge is 0.316 e. The number of rotatable bonds is 12. The molecule has 0 unspecified atom stereocenters. The second-order valence-corrected chi connectivity index (χ2v) is 10.7. The lowest BCUT2D eigenvalue weighted by Crippen LogP contribution is -2.70. The van der Waals surface area contributed by atoms with Crippen LogP contribution in [0.2, 0.25) is 0 Å². The second kappa shape index (κ2) is 9.46. The van der Waals surface area contributed by atoms with Gasteiger partial charge in [0.2, 0.25) is 11.8 Å². The van der Waals surface area contributed by atoms with Crippen molar-refractivity contribution in [1.29, 1.82) is 0 Å². The zero-order chi connectivity index (χ0) is 25.5. The molecule has 0 aromatic carbocycles. The highest BCUT2D eigenvalue weighted by molar-refractivity contribution is 6.00. The molecular weight excluding hydrogens is 475 g/mol. The number of aromatic nitrogens is 5. The number of hydrogen-bond acceptors (Lipinski definition) is 8. The summed E-state index contributed by atoms with van der Waals surface area (Å²) in [7, 11) is 0. The van der Waals surface area contributed by atoms with Gasteiger partial charge in [0, 0.05) is 48.6 Å². The average Bonchev–Trinajstić information content (AvgIpc) is 3.62. The van der Waals surface area contributed by atoms with E-state index < -0.39 is 11.1 Å². The average molecular weight is 507 g/mol. The summed E-state index contributed by atoms with van der Waals surface area (Å²) in [6.07, 6.45) is 13.4. The van der Waals surface area contributed by atoms with Gasteiger partial charge in [-0.1, -0.05) is 11.6 Å².